The zero-order chi connectivity index (χ0) is 11.1. The summed E-state index contributed by atoms with van der Waals surface area (Å²) in [6.07, 6.45) is 0. The van der Waals surface area contributed by atoms with Crippen LogP contribution in [0.25, 0.3) is 0 Å². The van der Waals surface area contributed by atoms with Crippen LogP contribution in [0.4, 0.5) is 0 Å². The van der Waals surface area contributed by atoms with Crippen molar-refractivity contribution < 1.29 is 0 Å². The van der Waals surface area contributed by atoms with Gasteiger partial charge in [-0.3, -0.25) is 4.90 Å². The number of likely N-dealkylation sites (tertiary alicyclic amines) is 1. The van der Waals surface area contributed by atoms with Gasteiger partial charge in [-0.05, 0) is 17.5 Å². The lowest BCUT2D eigenvalue weighted by atomic mass is 9.95. The van der Waals surface area contributed by atoms with Gasteiger partial charge in [0.15, 0.2) is 0 Å². The number of thiophene rings is 1. The zero-order valence-corrected chi connectivity index (χ0v) is 10.6. The Balaban J connectivity index is 1.96. The molecule has 15 heavy (non-hydrogen) atoms. The van der Waals surface area contributed by atoms with Gasteiger partial charge < -0.3 is 5.73 Å². The highest BCUT2D eigenvalue weighted by molar-refractivity contribution is 7.12. The second-order valence-electron chi connectivity index (χ2n) is 5.47. The topological polar surface area (TPSA) is 29.3 Å². The van der Waals surface area contributed by atoms with Crippen molar-refractivity contribution in [3.8, 4) is 0 Å². The average molecular weight is 224 g/mol. The van der Waals surface area contributed by atoms with Gasteiger partial charge in [-0.1, -0.05) is 20.8 Å². The van der Waals surface area contributed by atoms with Crippen LogP contribution in [0.3, 0.4) is 0 Å². The normalized spacial score (nSPS) is 19.2. The fraction of sp³-hybridized carbons (Fsp3) is 0.667. The first-order chi connectivity index (χ1) is 6.95. The van der Waals surface area contributed by atoms with Crippen LogP contribution in [0.5, 0.6) is 0 Å². The van der Waals surface area contributed by atoms with Crippen LogP contribution in [0, 0.1) is 0 Å². The molecule has 1 aromatic heterocycles. The Kier molecular flexibility index (Phi) is 2.88. The molecule has 0 saturated carbocycles. The van der Waals surface area contributed by atoms with E-state index < -0.39 is 0 Å². The summed E-state index contributed by atoms with van der Waals surface area (Å²) >= 11 is 1.94. The smallest absolute Gasteiger partial charge is 0.0329 e. The van der Waals surface area contributed by atoms with E-state index in [1.165, 1.54) is 9.75 Å². The van der Waals surface area contributed by atoms with Crippen LogP contribution >= 0.6 is 11.3 Å². The fourth-order valence-electron chi connectivity index (χ4n) is 1.83. The van der Waals surface area contributed by atoms with Crippen molar-refractivity contribution in [2.45, 2.75) is 38.8 Å². The van der Waals surface area contributed by atoms with E-state index >= 15 is 0 Å². The molecule has 1 fully saturated rings. The average Bonchev–Trinajstić information content (AvgIpc) is 2.49. The molecule has 1 aliphatic heterocycles. The Morgan fingerprint density at radius 2 is 2.07 bits per heavy atom. The summed E-state index contributed by atoms with van der Waals surface area (Å²) in [4.78, 5) is 5.34. The molecular weight excluding hydrogens is 204 g/mol. The highest BCUT2D eigenvalue weighted by atomic mass is 32.1. The number of hydrogen-bond donors (Lipinski definition) is 1. The standard InChI is InChI=1S/C12H20N2S/c1-12(2,3)11-5-4-10(15-11)8-14-6-9(13)7-14/h4-5,9H,6-8,13H2,1-3H3. The Morgan fingerprint density at radius 3 is 2.53 bits per heavy atom. The van der Waals surface area contributed by atoms with Crippen molar-refractivity contribution in [1.82, 2.24) is 4.90 Å². The van der Waals surface area contributed by atoms with Gasteiger partial charge in [0, 0.05) is 35.4 Å². The first-order valence-electron chi connectivity index (χ1n) is 5.52. The van der Waals surface area contributed by atoms with E-state index in [1.807, 2.05) is 11.3 Å². The van der Waals surface area contributed by atoms with Gasteiger partial charge in [0.1, 0.15) is 0 Å². The molecule has 0 unspecified atom stereocenters. The molecule has 0 amide bonds. The van der Waals surface area contributed by atoms with Crippen molar-refractivity contribution in [2.75, 3.05) is 13.1 Å². The molecule has 2 rings (SSSR count). The fourth-order valence-corrected chi connectivity index (χ4v) is 2.93. The maximum absolute atomic E-state index is 5.76. The van der Waals surface area contributed by atoms with E-state index in [4.69, 9.17) is 5.73 Å². The Labute approximate surface area is 96.1 Å². The lowest BCUT2D eigenvalue weighted by Gasteiger charge is -2.36. The zero-order valence-electron chi connectivity index (χ0n) is 9.79. The molecule has 1 saturated heterocycles. The number of hydrogen-bond acceptors (Lipinski definition) is 3. The summed E-state index contributed by atoms with van der Waals surface area (Å²) in [6, 6.07) is 4.93. The Hall–Kier alpha value is -0.380. The molecule has 0 atom stereocenters. The Morgan fingerprint density at radius 1 is 1.40 bits per heavy atom. The third kappa shape index (κ3) is 2.60. The molecule has 1 aromatic rings. The summed E-state index contributed by atoms with van der Waals surface area (Å²) in [5.74, 6) is 0. The van der Waals surface area contributed by atoms with E-state index in [0.717, 1.165) is 19.6 Å². The van der Waals surface area contributed by atoms with E-state index in [1.54, 1.807) is 0 Å². The molecule has 2 nitrogen and oxygen atoms in total. The van der Waals surface area contributed by atoms with Crippen LogP contribution < -0.4 is 5.73 Å². The minimum atomic E-state index is 0.286. The lowest BCUT2D eigenvalue weighted by molar-refractivity contribution is 0.144. The summed E-state index contributed by atoms with van der Waals surface area (Å²) in [6.45, 7) is 9.99. The SMILES string of the molecule is CC(C)(C)c1ccc(CN2CC(N)C2)s1. The molecule has 2 N–H and O–H groups in total. The number of nitrogens with zero attached hydrogens (tertiary/aromatic N) is 1. The highest BCUT2D eigenvalue weighted by Gasteiger charge is 2.24. The van der Waals surface area contributed by atoms with Gasteiger partial charge in [0.2, 0.25) is 0 Å². The molecule has 0 aliphatic carbocycles. The summed E-state index contributed by atoms with van der Waals surface area (Å²) in [5, 5.41) is 0. The van der Waals surface area contributed by atoms with Crippen LogP contribution in [0.2, 0.25) is 0 Å². The lowest BCUT2D eigenvalue weighted by Crippen LogP contribution is -2.54. The third-order valence-electron chi connectivity index (χ3n) is 2.77. The van der Waals surface area contributed by atoms with Gasteiger partial charge in [0.25, 0.3) is 0 Å². The largest absolute Gasteiger partial charge is 0.325 e. The van der Waals surface area contributed by atoms with Crippen LogP contribution in [0.1, 0.15) is 30.5 Å². The third-order valence-corrected chi connectivity index (χ3v) is 4.26. The molecule has 1 aliphatic rings. The van der Waals surface area contributed by atoms with E-state index in [0.29, 0.717) is 6.04 Å². The summed E-state index contributed by atoms with van der Waals surface area (Å²) in [5.41, 5.74) is 6.04. The predicted octanol–water partition coefficient (Wildman–Crippen LogP) is 2.19. The quantitative estimate of drug-likeness (QED) is 0.834. The molecule has 3 heteroatoms. The van der Waals surface area contributed by atoms with Crippen LogP contribution in [-0.2, 0) is 12.0 Å². The minimum absolute atomic E-state index is 0.286. The maximum Gasteiger partial charge on any atom is 0.0329 e. The summed E-state index contributed by atoms with van der Waals surface area (Å²) < 4.78 is 0. The van der Waals surface area contributed by atoms with Crippen LogP contribution in [-0.4, -0.2) is 24.0 Å². The minimum Gasteiger partial charge on any atom is -0.325 e. The summed E-state index contributed by atoms with van der Waals surface area (Å²) in [7, 11) is 0. The van der Waals surface area contributed by atoms with Gasteiger partial charge in [-0.15, -0.1) is 11.3 Å². The van der Waals surface area contributed by atoms with Gasteiger partial charge in [0.05, 0.1) is 0 Å². The van der Waals surface area contributed by atoms with Gasteiger partial charge in [-0.2, -0.15) is 0 Å². The van der Waals surface area contributed by atoms with E-state index in [9.17, 15) is 0 Å². The van der Waals surface area contributed by atoms with Crippen molar-refractivity contribution in [3.63, 3.8) is 0 Å². The van der Waals surface area contributed by atoms with Crippen molar-refractivity contribution in [3.05, 3.63) is 21.9 Å². The molecule has 2 heterocycles. The first kappa shape index (κ1) is 11.1. The van der Waals surface area contributed by atoms with Gasteiger partial charge in [-0.25, -0.2) is 0 Å². The Bertz CT molecular complexity index is 332. The second kappa shape index (κ2) is 3.89. The second-order valence-corrected chi connectivity index (χ2v) is 6.64. The highest BCUT2D eigenvalue weighted by Crippen LogP contribution is 2.30. The molecule has 84 valence electrons. The van der Waals surface area contributed by atoms with E-state index in [2.05, 4.69) is 37.8 Å². The molecule has 0 aromatic carbocycles. The predicted molar refractivity (Wildman–Crippen MR) is 66.3 cm³/mol. The maximum atomic E-state index is 5.76. The van der Waals surface area contributed by atoms with Gasteiger partial charge >= 0.3 is 0 Å². The van der Waals surface area contributed by atoms with E-state index in [-0.39, 0.29) is 5.41 Å². The van der Waals surface area contributed by atoms with Crippen molar-refractivity contribution in [1.29, 1.82) is 0 Å². The molecule has 0 spiro atoms. The van der Waals surface area contributed by atoms with Crippen molar-refractivity contribution >= 4 is 11.3 Å². The van der Waals surface area contributed by atoms with Crippen LogP contribution in [0.15, 0.2) is 12.1 Å². The molecular formula is C12H20N2S. The monoisotopic (exact) mass is 224 g/mol. The first-order valence-corrected chi connectivity index (χ1v) is 6.34. The number of nitrogens with two attached hydrogens (primary N) is 1. The number of rotatable bonds is 2. The molecule has 0 radical (unpaired) electrons. The van der Waals surface area contributed by atoms with Crippen molar-refractivity contribution in [2.24, 2.45) is 5.73 Å². The molecule has 0 bridgehead atoms.